The predicted molar refractivity (Wildman–Crippen MR) is 69.1 cm³/mol. The van der Waals surface area contributed by atoms with E-state index < -0.39 is 16.7 Å². The Hall–Kier alpha value is -2.77. The maximum Gasteiger partial charge on any atom is 0.269 e. The minimum Gasteiger partial charge on any atom is -0.348 e. The quantitative estimate of drug-likeness (QED) is 0.562. The molecular weight excluding hydrogens is 266 g/mol. The summed E-state index contributed by atoms with van der Waals surface area (Å²) in [4.78, 5) is 43.4. The third-order valence-electron chi connectivity index (χ3n) is 2.28. The van der Waals surface area contributed by atoms with Crippen LogP contribution in [0.4, 0.5) is 5.69 Å². The molecule has 2 N–H and O–H groups in total. The van der Waals surface area contributed by atoms with Crippen molar-refractivity contribution in [2.75, 3.05) is 13.1 Å². The molecule has 0 saturated carbocycles. The van der Waals surface area contributed by atoms with Crippen molar-refractivity contribution < 1.29 is 19.3 Å². The highest BCUT2D eigenvalue weighted by molar-refractivity contribution is 5.97. The third-order valence-corrected chi connectivity index (χ3v) is 2.28. The smallest absolute Gasteiger partial charge is 0.269 e. The first-order chi connectivity index (χ1) is 9.40. The Morgan fingerprint density at radius 1 is 1.10 bits per heavy atom. The summed E-state index contributed by atoms with van der Waals surface area (Å²) in [6.45, 7) is 0.963. The fraction of sp³-hybridized carbons (Fsp3) is 0.250. The van der Waals surface area contributed by atoms with E-state index in [-0.39, 0.29) is 30.1 Å². The van der Waals surface area contributed by atoms with E-state index in [1.807, 2.05) is 0 Å². The van der Waals surface area contributed by atoms with Crippen molar-refractivity contribution in [3.8, 4) is 0 Å². The van der Waals surface area contributed by atoms with Gasteiger partial charge in [-0.05, 0) is 19.1 Å². The van der Waals surface area contributed by atoms with Crippen LogP contribution < -0.4 is 10.6 Å². The monoisotopic (exact) mass is 279 g/mol. The molecule has 0 aliphatic heterocycles. The van der Waals surface area contributed by atoms with E-state index in [9.17, 15) is 24.5 Å². The number of Topliss-reactive ketones (excluding diaryl/α,β-unsaturated/α-hetero) is 1. The Labute approximate surface area is 114 Å². The van der Waals surface area contributed by atoms with E-state index in [0.717, 1.165) is 0 Å². The standard InChI is InChI=1S/C12H13N3O5/c1-8(16)6-13-11(17)7-14-12(18)9-2-4-10(5-3-9)15(19)20/h2-5H,6-7H2,1H3,(H,13,17)(H,14,18). The van der Waals surface area contributed by atoms with Crippen molar-refractivity contribution in [3.05, 3.63) is 39.9 Å². The maximum atomic E-state index is 11.6. The van der Waals surface area contributed by atoms with Gasteiger partial charge in [-0.15, -0.1) is 0 Å². The van der Waals surface area contributed by atoms with Crippen molar-refractivity contribution in [2.45, 2.75) is 6.92 Å². The molecule has 0 fully saturated rings. The number of rotatable bonds is 6. The average Bonchev–Trinajstić information content (AvgIpc) is 2.42. The summed E-state index contributed by atoms with van der Waals surface area (Å²) in [5.74, 6) is -1.21. The third kappa shape index (κ3) is 4.84. The summed E-state index contributed by atoms with van der Waals surface area (Å²) in [7, 11) is 0. The van der Waals surface area contributed by atoms with Gasteiger partial charge in [-0.2, -0.15) is 0 Å². The zero-order valence-corrected chi connectivity index (χ0v) is 10.7. The first kappa shape index (κ1) is 15.3. The Morgan fingerprint density at radius 2 is 1.70 bits per heavy atom. The van der Waals surface area contributed by atoms with Crippen molar-refractivity contribution >= 4 is 23.3 Å². The molecule has 0 radical (unpaired) electrons. The number of ketones is 1. The second-order valence-corrected chi connectivity index (χ2v) is 3.97. The number of non-ortho nitro benzene ring substituents is 1. The van der Waals surface area contributed by atoms with Crippen LogP contribution in [0.2, 0.25) is 0 Å². The van der Waals surface area contributed by atoms with Gasteiger partial charge in [0.1, 0.15) is 5.78 Å². The highest BCUT2D eigenvalue weighted by Gasteiger charge is 2.10. The minimum atomic E-state index is -0.573. The van der Waals surface area contributed by atoms with Gasteiger partial charge < -0.3 is 10.6 Å². The van der Waals surface area contributed by atoms with Crippen LogP contribution in [0.25, 0.3) is 0 Å². The van der Waals surface area contributed by atoms with Gasteiger partial charge in [-0.25, -0.2) is 0 Å². The number of nitrogens with zero attached hydrogens (tertiary/aromatic N) is 1. The summed E-state index contributed by atoms with van der Waals surface area (Å²) in [5, 5.41) is 15.1. The van der Waals surface area contributed by atoms with E-state index in [1.54, 1.807) is 0 Å². The molecule has 106 valence electrons. The van der Waals surface area contributed by atoms with Gasteiger partial charge >= 0.3 is 0 Å². The minimum absolute atomic E-state index is 0.0910. The number of nitrogens with one attached hydrogen (secondary N) is 2. The molecule has 0 aliphatic rings. The zero-order valence-electron chi connectivity index (χ0n) is 10.7. The molecule has 1 rings (SSSR count). The number of amides is 2. The molecule has 0 aliphatic carbocycles. The van der Waals surface area contributed by atoms with Crippen molar-refractivity contribution in [1.29, 1.82) is 0 Å². The summed E-state index contributed by atoms with van der Waals surface area (Å²) in [6.07, 6.45) is 0. The van der Waals surface area contributed by atoms with Crippen LogP contribution in [0, 0.1) is 10.1 Å². The SMILES string of the molecule is CC(=O)CNC(=O)CNC(=O)c1ccc([N+](=O)[O-])cc1. The molecule has 0 atom stereocenters. The van der Waals surface area contributed by atoms with Gasteiger partial charge in [0.25, 0.3) is 11.6 Å². The zero-order chi connectivity index (χ0) is 15.1. The van der Waals surface area contributed by atoms with E-state index in [1.165, 1.54) is 31.2 Å². The lowest BCUT2D eigenvalue weighted by molar-refractivity contribution is -0.384. The first-order valence-corrected chi connectivity index (χ1v) is 5.69. The van der Waals surface area contributed by atoms with Crippen LogP contribution in [-0.2, 0) is 9.59 Å². The van der Waals surface area contributed by atoms with Crippen molar-refractivity contribution in [3.63, 3.8) is 0 Å². The fourth-order valence-corrected chi connectivity index (χ4v) is 1.28. The molecule has 8 nitrogen and oxygen atoms in total. The van der Waals surface area contributed by atoms with E-state index in [0.29, 0.717) is 0 Å². The van der Waals surface area contributed by atoms with Crippen molar-refractivity contribution in [1.82, 2.24) is 10.6 Å². The molecule has 0 heterocycles. The largest absolute Gasteiger partial charge is 0.348 e. The molecule has 0 bridgehead atoms. The summed E-state index contributed by atoms with van der Waals surface area (Å²) < 4.78 is 0. The number of nitro benzene ring substituents is 1. The molecule has 0 unspecified atom stereocenters. The number of hydrogen-bond acceptors (Lipinski definition) is 5. The molecule has 8 heteroatoms. The second kappa shape index (κ2) is 6.98. The number of carbonyl (C=O) groups excluding carboxylic acids is 3. The van der Waals surface area contributed by atoms with Gasteiger partial charge in [0.2, 0.25) is 5.91 Å². The number of benzene rings is 1. The van der Waals surface area contributed by atoms with Crippen LogP contribution in [0.5, 0.6) is 0 Å². The van der Waals surface area contributed by atoms with Crippen LogP contribution >= 0.6 is 0 Å². The van der Waals surface area contributed by atoms with E-state index in [4.69, 9.17) is 0 Å². The summed E-state index contributed by atoms with van der Waals surface area (Å²) >= 11 is 0. The normalized spacial score (nSPS) is 9.65. The predicted octanol–water partition coefficient (Wildman–Crippen LogP) is 0.0298. The topological polar surface area (TPSA) is 118 Å². The molecule has 0 spiro atoms. The average molecular weight is 279 g/mol. The lowest BCUT2D eigenvalue weighted by Crippen LogP contribution is -2.38. The molecule has 1 aromatic rings. The highest BCUT2D eigenvalue weighted by Crippen LogP contribution is 2.11. The van der Waals surface area contributed by atoms with Gasteiger partial charge in [0, 0.05) is 17.7 Å². The number of nitro groups is 1. The fourth-order valence-electron chi connectivity index (χ4n) is 1.28. The van der Waals surface area contributed by atoms with Gasteiger partial charge in [-0.1, -0.05) is 0 Å². The van der Waals surface area contributed by atoms with Crippen LogP contribution in [-0.4, -0.2) is 35.6 Å². The molecule has 0 saturated heterocycles. The van der Waals surface area contributed by atoms with E-state index in [2.05, 4.69) is 10.6 Å². The lowest BCUT2D eigenvalue weighted by Gasteiger charge is -2.05. The molecule has 20 heavy (non-hydrogen) atoms. The molecule has 1 aromatic carbocycles. The maximum absolute atomic E-state index is 11.6. The lowest BCUT2D eigenvalue weighted by atomic mass is 10.2. The van der Waals surface area contributed by atoms with Crippen LogP contribution in [0.3, 0.4) is 0 Å². The Kier molecular flexibility index (Phi) is 5.33. The Morgan fingerprint density at radius 3 is 2.20 bits per heavy atom. The van der Waals surface area contributed by atoms with Gasteiger partial charge in [0.15, 0.2) is 0 Å². The summed E-state index contributed by atoms with van der Waals surface area (Å²) in [5.41, 5.74) is 0.0794. The highest BCUT2D eigenvalue weighted by atomic mass is 16.6. The van der Waals surface area contributed by atoms with Crippen molar-refractivity contribution in [2.24, 2.45) is 0 Å². The van der Waals surface area contributed by atoms with Gasteiger partial charge in [-0.3, -0.25) is 24.5 Å². The molecular formula is C12H13N3O5. The first-order valence-electron chi connectivity index (χ1n) is 5.69. The Balaban J connectivity index is 2.48. The van der Waals surface area contributed by atoms with Gasteiger partial charge in [0.05, 0.1) is 18.0 Å². The Bertz CT molecular complexity index is 539. The molecule has 2 amide bonds. The number of hydrogen-bond donors (Lipinski definition) is 2. The molecule has 0 aromatic heterocycles. The number of carbonyl (C=O) groups is 3. The van der Waals surface area contributed by atoms with E-state index >= 15 is 0 Å². The van der Waals surface area contributed by atoms with Crippen LogP contribution in [0.1, 0.15) is 17.3 Å². The summed E-state index contributed by atoms with van der Waals surface area (Å²) in [6, 6.07) is 4.98. The van der Waals surface area contributed by atoms with Crippen LogP contribution in [0.15, 0.2) is 24.3 Å². The second-order valence-electron chi connectivity index (χ2n) is 3.97.